The van der Waals surface area contributed by atoms with Crippen molar-refractivity contribution in [3.05, 3.63) is 35.4 Å². The van der Waals surface area contributed by atoms with E-state index in [9.17, 15) is 0 Å². The molecule has 0 aromatic heterocycles. The van der Waals surface area contributed by atoms with Gasteiger partial charge in [-0.3, -0.25) is 4.90 Å². The van der Waals surface area contributed by atoms with E-state index in [2.05, 4.69) is 62.0 Å². The fraction of sp³-hybridized carbons (Fsp3) is 0.600. The van der Waals surface area contributed by atoms with Crippen LogP contribution in [0.25, 0.3) is 0 Å². The Bertz CT molecular complexity index is 382. The maximum Gasteiger partial charge on any atom is 0.0237 e. The van der Waals surface area contributed by atoms with Crippen molar-refractivity contribution < 1.29 is 0 Å². The van der Waals surface area contributed by atoms with Crippen LogP contribution in [-0.2, 0) is 12.0 Å². The lowest BCUT2D eigenvalue weighted by Crippen LogP contribution is -2.44. The summed E-state index contributed by atoms with van der Waals surface area (Å²) in [6.45, 7) is 9.27. The maximum atomic E-state index is 2.57. The van der Waals surface area contributed by atoms with E-state index in [1.807, 2.05) is 0 Å². The van der Waals surface area contributed by atoms with Gasteiger partial charge in [0.05, 0.1) is 0 Å². The van der Waals surface area contributed by atoms with Gasteiger partial charge in [0.2, 0.25) is 0 Å². The van der Waals surface area contributed by atoms with Crippen LogP contribution in [0.2, 0.25) is 0 Å². The molecule has 0 fully saturated rings. The SMILES string of the molecule is CN(C)CCN1Cc2ccccc2C(C)(C)C1. The predicted octanol–water partition coefficient (Wildman–Crippen LogP) is 2.34. The first-order valence-electron chi connectivity index (χ1n) is 6.44. The molecule has 0 unspecified atom stereocenters. The summed E-state index contributed by atoms with van der Waals surface area (Å²) in [6.07, 6.45) is 0. The van der Waals surface area contributed by atoms with Gasteiger partial charge in [0.1, 0.15) is 0 Å². The smallest absolute Gasteiger partial charge is 0.0237 e. The largest absolute Gasteiger partial charge is 0.308 e. The summed E-state index contributed by atoms with van der Waals surface area (Å²) in [6, 6.07) is 8.89. The Morgan fingerprint density at radius 2 is 1.94 bits per heavy atom. The van der Waals surface area contributed by atoms with Crippen molar-refractivity contribution in [3.8, 4) is 0 Å². The topological polar surface area (TPSA) is 6.48 Å². The lowest BCUT2D eigenvalue weighted by atomic mass is 9.78. The van der Waals surface area contributed by atoms with E-state index in [0.29, 0.717) is 0 Å². The molecule has 1 aliphatic rings. The molecule has 2 heteroatoms. The third-order valence-electron chi connectivity index (χ3n) is 3.62. The zero-order chi connectivity index (χ0) is 12.5. The molecule has 2 nitrogen and oxygen atoms in total. The van der Waals surface area contributed by atoms with Crippen molar-refractivity contribution in [1.29, 1.82) is 0 Å². The second kappa shape index (κ2) is 4.79. The van der Waals surface area contributed by atoms with Crippen molar-refractivity contribution in [2.24, 2.45) is 0 Å². The number of fused-ring (bicyclic) bond motifs is 1. The Morgan fingerprint density at radius 1 is 1.24 bits per heavy atom. The van der Waals surface area contributed by atoms with Crippen LogP contribution < -0.4 is 0 Å². The molecule has 0 spiro atoms. The summed E-state index contributed by atoms with van der Waals surface area (Å²) in [5.41, 5.74) is 3.31. The van der Waals surface area contributed by atoms with Crippen molar-refractivity contribution >= 4 is 0 Å². The minimum atomic E-state index is 0.279. The second-order valence-electron chi connectivity index (χ2n) is 6.05. The number of nitrogens with zero attached hydrogens (tertiary/aromatic N) is 2. The summed E-state index contributed by atoms with van der Waals surface area (Å²) in [5.74, 6) is 0. The monoisotopic (exact) mass is 232 g/mol. The van der Waals surface area contributed by atoms with Crippen LogP contribution in [0, 0.1) is 0 Å². The summed E-state index contributed by atoms with van der Waals surface area (Å²) in [5, 5.41) is 0. The number of likely N-dealkylation sites (N-methyl/N-ethyl adjacent to an activating group) is 1. The second-order valence-corrected chi connectivity index (χ2v) is 6.05. The first kappa shape index (κ1) is 12.6. The Hall–Kier alpha value is -0.860. The standard InChI is InChI=1S/C15H24N2/c1-15(2)12-17(10-9-16(3)4)11-13-7-5-6-8-14(13)15/h5-8H,9-12H2,1-4H3. The number of benzene rings is 1. The molecule has 0 amide bonds. The fourth-order valence-corrected chi connectivity index (χ4v) is 2.76. The summed E-state index contributed by atoms with van der Waals surface area (Å²) >= 11 is 0. The highest BCUT2D eigenvalue weighted by Gasteiger charge is 2.30. The van der Waals surface area contributed by atoms with E-state index >= 15 is 0 Å². The van der Waals surface area contributed by atoms with Crippen molar-refractivity contribution in [1.82, 2.24) is 9.80 Å². The van der Waals surface area contributed by atoms with E-state index in [0.717, 1.165) is 26.2 Å². The van der Waals surface area contributed by atoms with Gasteiger partial charge in [-0.25, -0.2) is 0 Å². The fourth-order valence-electron chi connectivity index (χ4n) is 2.76. The highest BCUT2D eigenvalue weighted by atomic mass is 15.2. The van der Waals surface area contributed by atoms with E-state index in [4.69, 9.17) is 0 Å². The van der Waals surface area contributed by atoms with E-state index in [1.165, 1.54) is 11.1 Å². The zero-order valence-electron chi connectivity index (χ0n) is 11.5. The molecule has 0 atom stereocenters. The molecule has 1 aromatic carbocycles. The normalized spacial score (nSPS) is 19.4. The van der Waals surface area contributed by atoms with E-state index in [1.54, 1.807) is 0 Å². The Kier molecular flexibility index (Phi) is 3.55. The average molecular weight is 232 g/mol. The molecule has 1 heterocycles. The van der Waals surface area contributed by atoms with Crippen LogP contribution in [0.5, 0.6) is 0 Å². The number of rotatable bonds is 3. The molecular weight excluding hydrogens is 208 g/mol. The summed E-state index contributed by atoms with van der Waals surface area (Å²) in [7, 11) is 4.28. The quantitative estimate of drug-likeness (QED) is 0.789. The molecule has 0 N–H and O–H groups in total. The highest BCUT2D eigenvalue weighted by Crippen LogP contribution is 2.32. The lowest BCUT2D eigenvalue weighted by Gasteiger charge is -2.40. The molecule has 17 heavy (non-hydrogen) atoms. The van der Waals surface area contributed by atoms with Crippen LogP contribution in [0.15, 0.2) is 24.3 Å². The van der Waals surface area contributed by atoms with Crippen LogP contribution in [0.3, 0.4) is 0 Å². The molecule has 0 saturated carbocycles. The number of hydrogen-bond donors (Lipinski definition) is 0. The third-order valence-corrected chi connectivity index (χ3v) is 3.62. The van der Waals surface area contributed by atoms with Gasteiger partial charge in [0, 0.05) is 31.6 Å². The van der Waals surface area contributed by atoms with Gasteiger partial charge in [-0.2, -0.15) is 0 Å². The molecule has 0 bridgehead atoms. The van der Waals surface area contributed by atoms with E-state index in [-0.39, 0.29) is 5.41 Å². The van der Waals surface area contributed by atoms with Gasteiger partial charge >= 0.3 is 0 Å². The first-order valence-corrected chi connectivity index (χ1v) is 6.44. The maximum absolute atomic E-state index is 2.57. The molecule has 2 rings (SSSR count). The van der Waals surface area contributed by atoms with Gasteiger partial charge in [0.25, 0.3) is 0 Å². The Labute approximate surface area is 105 Å². The molecule has 1 aromatic rings. The highest BCUT2D eigenvalue weighted by molar-refractivity contribution is 5.35. The molecular formula is C15H24N2. The minimum Gasteiger partial charge on any atom is -0.308 e. The molecule has 0 saturated heterocycles. The van der Waals surface area contributed by atoms with Gasteiger partial charge in [-0.05, 0) is 25.2 Å². The van der Waals surface area contributed by atoms with Crippen LogP contribution >= 0.6 is 0 Å². The van der Waals surface area contributed by atoms with Crippen LogP contribution in [0.4, 0.5) is 0 Å². The number of hydrogen-bond acceptors (Lipinski definition) is 2. The Balaban J connectivity index is 2.14. The van der Waals surface area contributed by atoms with Crippen molar-refractivity contribution in [2.75, 3.05) is 33.7 Å². The third kappa shape index (κ3) is 2.88. The van der Waals surface area contributed by atoms with Gasteiger partial charge in [0.15, 0.2) is 0 Å². The van der Waals surface area contributed by atoms with E-state index < -0.39 is 0 Å². The summed E-state index contributed by atoms with van der Waals surface area (Å²) in [4.78, 5) is 4.83. The minimum absolute atomic E-state index is 0.279. The average Bonchev–Trinajstić information content (AvgIpc) is 2.25. The van der Waals surface area contributed by atoms with Gasteiger partial charge in [-0.15, -0.1) is 0 Å². The molecule has 94 valence electrons. The molecule has 1 aliphatic heterocycles. The van der Waals surface area contributed by atoms with Crippen LogP contribution in [-0.4, -0.2) is 43.5 Å². The van der Waals surface area contributed by atoms with Gasteiger partial charge < -0.3 is 4.90 Å². The van der Waals surface area contributed by atoms with Crippen molar-refractivity contribution in [3.63, 3.8) is 0 Å². The van der Waals surface area contributed by atoms with Crippen molar-refractivity contribution in [2.45, 2.75) is 25.8 Å². The predicted molar refractivity (Wildman–Crippen MR) is 73.3 cm³/mol. The molecule has 0 aliphatic carbocycles. The van der Waals surface area contributed by atoms with Gasteiger partial charge in [-0.1, -0.05) is 38.1 Å². The summed E-state index contributed by atoms with van der Waals surface area (Å²) < 4.78 is 0. The van der Waals surface area contributed by atoms with Crippen LogP contribution in [0.1, 0.15) is 25.0 Å². The first-order chi connectivity index (χ1) is 7.99. The lowest BCUT2D eigenvalue weighted by molar-refractivity contribution is 0.178. The molecule has 0 radical (unpaired) electrons. The Morgan fingerprint density at radius 3 is 2.65 bits per heavy atom. The zero-order valence-corrected chi connectivity index (χ0v) is 11.5.